The number of hydrogen-bond donors (Lipinski definition) is 0. The van der Waals surface area contributed by atoms with Gasteiger partial charge in [-0.05, 0) is 43.5 Å². The summed E-state index contributed by atoms with van der Waals surface area (Å²) in [5, 5.41) is 1.06. The van der Waals surface area contributed by atoms with Gasteiger partial charge < -0.3 is 0 Å². The molecule has 102 valence electrons. The Hall–Kier alpha value is -1.38. The zero-order valence-electron chi connectivity index (χ0n) is 11.0. The molecule has 1 aliphatic carbocycles. The molecular weight excluding hydrogens is 293 g/mol. The minimum atomic E-state index is -0.596. The monoisotopic (exact) mass is 305 g/mol. The molecule has 3 rings (SSSR count). The molecular formula is C16H13Cl2NO. The molecule has 20 heavy (non-hydrogen) atoms. The van der Waals surface area contributed by atoms with Crippen LogP contribution in [-0.2, 0) is 11.8 Å². The molecule has 1 aromatic heterocycles. The van der Waals surface area contributed by atoms with E-state index in [4.69, 9.17) is 23.2 Å². The maximum atomic E-state index is 12.9. The Morgan fingerprint density at radius 1 is 1.15 bits per heavy atom. The lowest BCUT2D eigenvalue weighted by Gasteiger charge is -2.33. The van der Waals surface area contributed by atoms with Gasteiger partial charge >= 0.3 is 0 Å². The molecule has 1 atom stereocenters. The maximum absolute atomic E-state index is 12.9. The minimum Gasteiger partial charge on any atom is -0.293 e. The number of pyridine rings is 1. The number of rotatable bonds is 1. The highest BCUT2D eigenvalue weighted by Crippen LogP contribution is 2.40. The average molecular weight is 306 g/mol. The number of Topliss-reactive ketones (excluding diaryl/α,β-unsaturated/α-hetero) is 1. The fourth-order valence-corrected chi connectivity index (χ4v) is 3.33. The van der Waals surface area contributed by atoms with E-state index < -0.39 is 5.41 Å². The van der Waals surface area contributed by atoms with Crippen LogP contribution in [0.2, 0.25) is 10.2 Å². The van der Waals surface area contributed by atoms with Crippen molar-refractivity contribution in [3.63, 3.8) is 0 Å². The Morgan fingerprint density at radius 2 is 1.90 bits per heavy atom. The number of benzene rings is 1. The van der Waals surface area contributed by atoms with Gasteiger partial charge in [-0.2, -0.15) is 0 Å². The van der Waals surface area contributed by atoms with Crippen LogP contribution >= 0.6 is 23.2 Å². The predicted octanol–water partition coefficient (Wildman–Crippen LogP) is 4.48. The second-order valence-electron chi connectivity index (χ2n) is 5.27. The molecule has 1 heterocycles. The van der Waals surface area contributed by atoms with E-state index in [0.29, 0.717) is 22.2 Å². The maximum Gasteiger partial charge on any atom is 0.174 e. The van der Waals surface area contributed by atoms with Crippen molar-refractivity contribution in [3.8, 4) is 0 Å². The van der Waals surface area contributed by atoms with E-state index in [2.05, 4.69) is 4.98 Å². The molecule has 0 spiro atoms. The lowest BCUT2D eigenvalue weighted by molar-refractivity contribution is 0.0874. The van der Waals surface area contributed by atoms with Crippen LogP contribution in [0.3, 0.4) is 0 Å². The minimum absolute atomic E-state index is 0.0658. The van der Waals surface area contributed by atoms with Gasteiger partial charge in [0.2, 0.25) is 0 Å². The fourth-order valence-electron chi connectivity index (χ4n) is 2.82. The molecule has 4 heteroatoms. The topological polar surface area (TPSA) is 30.0 Å². The van der Waals surface area contributed by atoms with Crippen LogP contribution in [0, 0.1) is 0 Å². The van der Waals surface area contributed by atoms with Crippen LogP contribution in [0.4, 0.5) is 0 Å². The van der Waals surface area contributed by atoms with Crippen LogP contribution in [0.15, 0.2) is 36.4 Å². The summed E-state index contributed by atoms with van der Waals surface area (Å²) in [6.07, 6.45) is 1.42. The second-order valence-corrected chi connectivity index (χ2v) is 6.06. The molecule has 1 unspecified atom stereocenters. The third-order valence-electron chi connectivity index (χ3n) is 4.02. The molecule has 0 fully saturated rings. The average Bonchev–Trinajstić information content (AvgIpc) is 2.44. The predicted molar refractivity (Wildman–Crippen MR) is 80.7 cm³/mol. The Labute approximate surface area is 127 Å². The third kappa shape index (κ3) is 2.04. The summed E-state index contributed by atoms with van der Waals surface area (Å²) in [6.45, 7) is 1.95. The van der Waals surface area contributed by atoms with Gasteiger partial charge in [0.25, 0.3) is 0 Å². The SMILES string of the molecule is CC1(c2ccccc2Cl)CCc2nc(Cl)ccc2C1=O. The summed E-state index contributed by atoms with van der Waals surface area (Å²) in [5.74, 6) is 0.0658. The van der Waals surface area contributed by atoms with Gasteiger partial charge in [0.1, 0.15) is 5.15 Å². The van der Waals surface area contributed by atoms with E-state index in [1.165, 1.54) is 0 Å². The number of nitrogens with zero attached hydrogens (tertiary/aromatic N) is 1. The molecule has 0 bridgehead atoms. The zero-order valence-corrected chi connectivity index (χ0v) is 12.5. The van der Waals surface area contributed by atoms with E-state index in [-0.39, 0.29) is 5.78 Å². The summed E-state index contributed by atoms with van der Waals surface area (Å²) in [5.41, 5.74) is 1.73. The third-order valence-corrected chi connectivity index (χ3v) is 4.56. The summed E-state index contributed by atoms with van der Waals surface area (Å²) in [4.78, 5) is 17.1. The van der Waals surface area contributed by atoms with E-state index >= 15 is 0 Å². The van der Waals surface area contributed by atoms with Crippen molar-refractivity contribution >= 4 is 29.0 Å². The first kappa shape index (κ1) is 13.6. The lowest BCUT2D eigenvalue weighted by Crippen LogP contribution is -2.38. The van der Waals surface area contributed by atoms with Crippen LogP contribution < -0.4 is 0 Å². The first-order valence-corrected chi connectivity index (χ1v) is 7.23. The van der Waals surface area contributed by atoms with Crippen molar-refractivity contribution in [1.82, 2.24) is 4.98 Å². The normalized spacial score (nSPS) is 21.6. The van der Waals surface area contributed by atoms with Gasteiger partial charge in [0.05, 0.1) is 11.1 Å². The number of aromatic nitrogens is 1. The molecule has 1 aromatic carbocycles. The molecule has 2 nitrogen and oxygen atoms in total. The Bertz CT molecular complexity index is 699. The molecule has 1 aliphatic rings. The second kappa shape index (κ2) is 4.87. The van der Waals surface area contributed by atoms with Gasteiger partial charge in [0, 0.05) is 10.6 Å². The van der Waals surface area contributed by atoms with Crippen LogP contribution in [0.5, 0.6) is 0 Å². The summed E-state index contributed by atoms with van der Waals surface area (Å²) < 4.78 is 0. The number of hydrogen-bond acceptors (Lipinski definition) is 2. The Kier molecular flexibility index (Phi) is 3.31. The first-order valence-electron chi connectivity index (χ1n) is 6.47. The van der Waals surface area contributed by atoms with E-state index in [1.54, 1.807) is 12.1 Å². The number of carbonyl (C=O) groups excluding carboxylic acids is 1. The largest absolute Gasteiger partial charge is 0.293 e. The summed E-state index contributed by atoms with van der Waals surface area (Å²) in [7, 11) is 0. The number of halogens is 2. The molecule has 0 amide bonds. The Balaban J connectivity index is 2.12. The van der Waals surface area contributed by atoms with Gasteiger partial charge in [0.15, 0.2) is 5.78 Å². The lowest BCUT2D eigenvalue weighted by atomic mass is 9.69. The van der Waals surface area contributed by atoms with Gasteiger partial charge in [-0.1, -0.05) is 41.4 Å². The van der Waals surface area contributed by atoms with Crippen LogP contribution in [0.25, 0.3) is 0 Å². The van der Waals surface area contributed by atoms with Crippen molar-refractivity contribution in [2.75, 3.05) is 0 Å². The van der Waals surface area contributed by atoms with Crippen molar-refractivity contribution < 1.29 is 4.79 Å². The standard InChI is InChI=1S/C16H13Cl2NO/c1-16(11-4-2-3-5-12(11)17)9-8-13-10(15(16)20)6-7-14(18)19-13/h2-7H,8-9H2,1H3. The first-order chi connectivity index (χ1) is 9.52. The molecule has 2 aromatic rings. The molecule has 0 aliphatic heterocycles. The highest BCUT2D eigenvalue weighted by molar-refractivity contribution is 6.32. The van der Waals surface area contributed by atoms with Gasteiger partial charge in [-0.3, -0.25) is 4.79 Å². The van der Waals surface area contributed by atoms with Crippen molar-refractivity contribution in [1.29, 1.82) is 0 Å². The van der Waals surface area contributed by atoms with Crippen molar-refractivity contribution in [2.24, 2.45) is 0 Å². The number of fused-ring (bicyclic) bond motifs is 1. The van der Waals surface area contributed by atoms with E-state index in [9.17, 15) is 4.79 Å². The Morgan fingerprint density at radius 3 is 2.65 bits per heavy atom. The summed E-state index contributed by atoms with van der Waals surface area (Å²) >= 11 is 12.2. The molecule has 0 radical (unpaired) electrons. The number of ketones is 1. The molecule has 0 saturated carbocycles. The molecule has 0 N–H and O–H groups in total. The molecule has 0 saturated heterocycles. The smallest absolute Gasteiger partial charge is 0.174 e. The highest BCUT2D eigenvalue weighted by Gasteiger charge is 2.41. The van der Waals surface area contributed by atoms with Gasteiger partial charge in [-0.25, -0.2) is 4.98 Å². The highest BCUT2D eigenvalue weighted by atomic mass is 35.5. The number of aryl methyl sites for hydroxylation is 1. The van der Waals surface area contributed by atoms with E-state index in [1.807, 2.05) is 31.2 Å². The van der Waals surface area contributed by atoms with E-state index in [0.717, 1.165) is 17.7 Å². The summed E-state index contributed by atoms with van der Waals surface area (Å²) in [6, 6.07) is 11.0. The fraction of sp³-hybridized carbons (Fsp3) is 0.250. The quantitative estimate of drug-likeness (QED) is 0.727. The van der Waals surface area contributed by atoms with Crippen molar-refractivity contribution in [3.05, 3.63) is 63.4 Å². The van der Waals surface area contributed by atoms with Crippen LogP contribution in [-0.4, -0.2) is 10.8 Å². The van der Waals surface area contributed by atoms with Crippen molar-refractivity contribution in [2.45, 2.75) is 25.2 Å². The van der Waals surface area contributed by atoms with Gasteiger partial charge in [-0.15, -0.1) is 0 Å². The zero-order chi connectivity index (χ0) is 14.3. The number of carbonyl (C=O) groups is 1. The van der Waals surface area contributed by atoms with Crippen LogP contribution in [0.1, 0.15) is 35.0 Å².